The molecule has 0 spiro atoms. The third-order valence-electron chi connectivity index (χ3n) is 3.72. The van der Waals surface area contributed by atoms with Gasteiger partial charge in [-0.15, -0.1) is 0 Å². The van der Waals surface area contributed by atoms with Gasteiger partial charge in [-0.1, -0.05) is 6.92 Å². The van der Waals surface area contributed by atoms with Crippen molar-refractivity contribution in [1.29, 1.82) is 5.41 Å². The number of hydrogen-bond donors (Lipinski definition) is 3. The predicted molar refractivity (Wildman–Crippen MR) is 72.9 cm³/mol. The molecule has 1 aromatic rings. The Kier molecular flexibility index (Phi) is 3.86. The fourth-order valence-corrected chi connectivity index (χ4v) is 2.65. The van der Waals surface area contributed by atoms with Gasteiger partial charge in [0.2, 0.25) is 0 Å². The molecule has 0 saturated carbocycles. The van der Waals surface area contributed by atoms with E-state index in [1.165, 1.54) is 6.21 Å². The molecule has 1 saturated heterocycles. The van der Waals surface area contributed by atoms with Gasteiger partial charge >= 0.3 is 5.69 Å². The largest absolute Gasteiger partial charge is 0.373 e. The van der Waals surface area contributed by atoms with Crippen molar-refractivity contribution in [3.8, 4) is 0 Å². The molecule has 6 nitrogen and oxygen atoms in total. The van der Waals surface area contributed by atoms with Crippen LogP contribution in [-0.2, 0) is 0 Å². The van der Waals surface area contributed by atoms with Crippen molar-refractivity contribution in [2.75, 3.05) is 32.0 Å². The molecule has 0 amide bonds. The number of likely N-dealkylation sites (tertiary alicyclic amines) is 1. The van der Waals surface area contributed by atoms with Crippen LogP contribution in [0.15, 0.2) is 4.79 Å². The first kappa shape index (κ1) is 12.9. The fourth-order valence-electron chi connectivity index (χ4n) is 2.65. The maximum atomic E-state index is 12.0. The lowest BCUT2D eigenvalue weighted by molar-refractivity contribution is 0.192. The molecular weight excluding hydrogens is 230 g/mol. The first-order valence-electron chi connectivity index (χ1n) is 6.46. The molecule has 6 heteroatoms. The van der Waals surface area contributed by atoms with Crippen LogP contribution >= 0.6 is 0 Å². The van der Waals surface area contributed by atoms with Gasteiger partial charge in [0.05, 0.1) is 0 Å². The van der Waals surface area contributed by atoms with Crippen LogP contribution in [0.3, 0.4) is 0 Å². The molecule has 0 bridgehead atoms. The zero-order valence-corrected chi connectivity index (χ0v) is 11.0. The molecule has 100 valence electrons. The summed E-state index contributed by atoms with van der Waals surface area (Å²) in [5, 5.41) is 10.4. The topological polar surface area (TPSA) is 76.9 Å². The highest BCUT2D eigenvalue weighted by atomic mass is 16.1. The van der Waals surface area contributed by atoms with E-state index in [-0.39, 0.29) is 11.7 Å². The summed E-state index contributed by atoms with van der Waals surface area (Å²) in [4.78, 5) is 17.1. The van der Waals surface area contributed by atoms with Crippen LogP contribution in [0.2, 0.25) is 0 Å². The number of imidazole rings is 1. The van der Waals surface area contributed by atoms with E-state index in [1.54, 1.807) is 11.6 Å². The van der Waals surface area contributed by atoms with Crippen molar-refractivity contribution >= 4 is 12.0 Å². The summed E-state index contributed by atoms with van der Waals surface area (Å²) < 4.78 is 1.73. The maximum Gasteiger partial charge on any atom is 0.327 e. The zero-order chi connectivity index (χ0) is 13.1. The summed E-state index contributed by atoms with van der Waals surface area (Å²) in [6, 6.07) is 0.204. The number of aromatic nitrogens is 2. The number of nitrogens with zero attached hydrogens (tertiary/aromatic N) is 2. The fraction of sp³-hybridized carbons (Fsp3) is 0.667. The number of H-pyrrole nitrogens is 1. The smallest absolute Gasteiger partial charge is 0.327 e. The van der Waals surface area contributed by atoms with Crippen molar-refractivity contribution < 1.29 is 0 Å². The molecule has 1 aliphatic rings. The highest BCUT2D eigenvalue weighted by molar-refractivity contribution is 5.82. The Morgan fingerprint density at radius 2 is 2.17 bits per heavy atom. The van der Waals surface area contributed by atoms with Gasteiger partial charge in [-0.2, -0.15) is 0 Å². The highest BCUT2D eigenvalue weighted by Gasteiger charge is 2.24. The normalized spacial score (nSPS) is 17.9. The van der Waals surface area contributed by atoms with E-state index in [0.717, 1.165) is 32.5 Å². The molecule has 2 rings (SSSR count). The van der Waals surface area contributed by atoms with Crippen LogP contribution in [0.25, 0.3) is 0 Å². The molecule has 2 heterocycles. The van der Waals surface area contributed by atoms with Crippen LogP contribution in [0.1, 0.15) is 31.5 Å². The minimum atomic E-state index is -0.118. The van der Waals surface area contributed by atoms with Gasteiger partial charge in [0.1, 0.15) is 11.5 Å². The van der Waals surface area contributed by atoms with Crippen LogP contribution in [0.4, 0.5) is 5.82 Å². The Morgan fingerprint density at radius 1 is 1.50 bits per heavy atom. The van der Waals surface area contributed by atoms with E-state index in [0.29, 0.717) is 11.5 Å². The molecule has 1 fully saturated rings. The van der Waals surface area contributed by atoms with Gasteiger partial charge in [0, 0.05) is 32.4 Å². The number of aromatic amines is 1. The van der Waals surface area contributed by atoms with E-state index >= 15 is 0 Å². The standard InChI is InChI=1S/C12H21N5O/c1-3-16-6-4-9(5-7-16)17-10(8-13)11(14-2)15-12(17)18/h8-9,13-14H,3-7H2,1-2H3,(H,15,18). The van der Waals surface area contributed by atoms with Crippen molar-refractivity contribution in [1.82, 2.24) is 14.5 Å². The lowest BCUT2D eigenvalue weighted by atomic mass is 10.0. The molecule has 0 aromatic carbocycles. The van der Waals surface area contributed by atoms with Crippen molar-refractivity contribution in [3.05, 3.63) is 16.2 Å². The molecule has 3 N–H and O–H groups in total. The molecule has 0 aliphatic carbocycles. The number of piperidine rings is 1. The van der Waals surface area contributed by atoms with Gasteiger partial charge in [-0.05, 0) is 19.4 Å². The van der Waals surface area contributed by atoms with Crippen LogP contribution < -0.4 is 11.0 Å². The summed E-state index contributed by atoms with van der Waals surface area (Å²) >= 11 is 0. The number of hydrogen-bond acceptors (Lipinski definition) is 4. The first-order valence-corrected chi connectivity index (χ1v) is 6.46. The minimum Gasteiger partial charge on any atom is -0.373 e. The van der Waals surface area contributed by atoms with Gasteiger partial charge in [0.15, 0.2) is 0 Å². The van der Waals surface area contributed by atoms with E-state index in [4.69, 9.17) is 5.41 Å². The lowest BCUT2D eigenvalue weighted by Gasteiger charge is -2.31. The van der Waals surface area contributed by atoms with E-state index in [1.807, 2.05) is 0 Å². The minimum absolute atomic E-state index is 0.118. The zero-order valence-electron chi connectivity index (χ0n) is 11.0. The van der Waals surface area contributed by atoms with Crippen molar-refractivity contribution in [2.45, 2.75) is 25.8 Å². The molecule has 1 aliphatic heterocycles. The summed E-state index contributed by atoms with van der Waals surface area (Å²) in [5.74, 6) is 0.632. The SMILES string of the molecule is CCN1CCC(n2c(C=N)c(NC)[nH]c2=O)CC1. The second-order valence-electron chi connectivity index (χ2n) is 4.62. The van der Waals surface area contributed by atoms with Crippen molar-refractivity contribution in [2.24, 2.45) is 0 Å². The molecule has 0 unspecified atom stereocenters. The van der Waals surface area contributed by atoms with Crippen LogP contribution in [-0.4, -0.2) is 47.3 Å². The molecule has 0 atom stereocenters. The second kappa shape index (κ2) is 5.39. The van der Waals surface area contributed by atoms with E-state index < -0.39 is 0 Å². The number of nitrogens with one attached hydrogen (secondary N) is 3. The number of anilines is 1. The second-order valence-corrected chi connectivity index (χ2v) is 4.62. The third-order valence-corrected chi connectivity index (χ3v) is 3.72. The van der Waals surface area contributed by atoms with E-state index in [2.05, 4.69) is 22.1 Å². The average molecular weight is 251 g/mol. The highest BCUT2D eigenvalue weighted by Crippen LogP contribution is 2.23. The van der Waals surface area contributed by atoms with Gasteiger partial charge in [-0.3, -0.25) is 9.55 Å². The van der Waals surface area contributed by atoms with Gasteiger partial charge in [0.25, 0.3) is 0 Å². The maximum absolute atomic E-state index is 12.0. The van der Waals surface area contributed by atoms with E-state index in [9.17, 15) is 4.79 Å². The molecular formula is C12H21N5O. The molecule has 1 aromatic heterocycles. The Hall–Kier alpha value is -1.56. The predicted octanol–water partition coefficient (Wildman–Crippen LogP) is 0.873. The molecule has 0 radical (unpaired) electrons. The Morgan fingerprint density at radius 3 is 2.67 bits per heavy atom. The van der Waals surface area contributed by atoms with Crippen LogP contribution in [0, 0.1) is 5.41 Å². The quantitative estimate of drug-likeness (QED) is 0.695. The van der Waals surface area contributed by atoms with Gasteiger partial charge in [-0.25, -0.2) is 4.79 Å². The Labute approximate surface area is 107 Å². The Balaban J connectivity index is 2.26. The number of rotatable bonds is 4. The summed E-state index contributed by atoms with van der Waals surface area (Å²) in [5.41, 5.74) is 0.533. The Bertz CT molecular complexity index is 467. The van der Waals surface area contributed by atoms with Crippen LogP contribution in [0.5, 0.6) is 0 Å². The monoisotopic (exact) mass is 251 g/mol. The summed E-state index contributed by atoms with van der Waals surface area (Å²) in [7, 11) is 1.75. The molecule has 18 heavy (non-hydrogen) atoms. The average Bonchev–Trinajstić information content (AvgIpc) is 2.74. The summed E-state index contributed by atoms with van der Waals surface area (Å²) in [6.45, 7) is 5.26. The summed E-state index contributed by atoms with van der Waals surface area (Å²) in [6.07, 6.45) is 3.18. The van der Waals surface area contributed by atoms with Crippen molar-refractivity contribution in [3.63, 3.8) is 0 Å². The third kappa shape index (κ3) is 2.20. The lowest BCUT2D eigenvalue weighted by Crippen LogP contribution is -2.37. The first-order chi connectivity index (χ1) is 8.71. The van der Waals surface area contributed by atoms with Gasteiger partial charge < -0.3 is 15.6 Å².